The average Bonchev–Trinajstić information content (AvgIpc) is 3.57. The highest BCUT2D eigenvalue weighted by molar-refractivity contribution is 5.69. The Morgan fingerprint density at radius 2 is 1.79 bits per heavy atom. The molecule has 1 aromatic carbocycles. The first-order valence-electron chi connectivity index (χ1n) is 11.0. The van der Waals surface area contributed by atoms with Crippen LogP contribution in [-0.4, -0.2) is 36.7 Å². The van der Waals surface area contributed by atoms with E-state index in [1.807, 2.05) is 4.90 Å². The largest absolute Gasteiger partial charge is 0.469 e. The molecule has 0 amide bonds. The molecule has 1 heterocycles. The Morgan fingerprint density at radius 3 is 2.33 bits per heavy atom. The van der Waals surface area contributed by atoms with Crippen molar-refractivity contribution in [1.82, 2.24) is 4.90 Å². The predicted molar refractivity (Wildman–Crippen MR) is 110 cm³/mol. The first-order chi connectivity index (χ1) is 15.5. The van der Waals surface area contributed by atoms with Gasteiger partial charge in [-0.25, -0.2) is 0 Å². The zero-order valence-corrected chi connectivity index (χ0v) is 18.3. The Balaban J connectivity index is 1.88. The summed E-state index contributed by atoms with van der Waals surface area (Å²) >= 11 is 0. The number of halogens is 6. The van der Waals surface area contributed by atoms with Gasteiger partial charge in [-0.1, -0.05) is 24.0 Å². The maximum absolute atomic E-state index is 13.0. The number of hydrogen-bond donors (Lipinski definition) is 0. The molecular formula is C24H27F6NO2. The Kier molecular flexibility index (Phi) is 7.99. The summed E-state index contributed by atoms with van der Waals surface area (Å²) in [5, 5.41) is 0. The van der Waals surface area contributed by atoms with Gasteiger partial charge in [0.05, 0.1) is 18.7 Å². The lowest BCUT2D eigenvalue weighted by Crippen LogP contribution is -2.44. The molecule has 0 aromatic heterocycles. The number of carbonyl (C=O) groups excluding carboxylic acids is 1. The van der Waals surface area contributed by atoms with E-state index >= 15 is 0 Å². The molecule has 1 aliphatic carbocycles. The van der Waals surface area contributed by atoms with Crippen LogP contribution in [0.3, 0.4) is 0 Å². The standard InChI is InChI=1S/C24H27F6NO2/c1-33-22(32)15-17-11-13-31(20(9-4-16-2-3-16)10-12-23(25,26)27)21(14-17)18-5-7-19(8-6-18)24(28,29)30/h5-8,16-17,20-21H,2-3,10-15H2,1H3/t17-,20-,21+/m1/s1. The summed E-state index contributed by atoms with van der Waals surface area (Å²) in [6.45, 7) is 0.398. The number of ether oxygens (including phenoxy) is 1. The van der Waals surface area contributed by atoms with Crippen LogP contribution < -0.4 is 0 Å². The van der Waals surface area contributed by atoms with Gasteiger partial charge in [-0.05, 0) is 55.7 Å². The van der Waals surface area contributed by atoms with E-state index in [-0.39, 0.29) is 30.6 Å². The van der Waals surface area contributed by atoms with Gasteiger partial charge < -0.3 is 4.74 Å². The van der Waals surface area contributed by atoms with E-state index in [1.165, 1.54) is 19.2 Å². The van der Waals surface area contributed by atoms with Gasteiger partial charge in [0.15, 0.2) is 0 Å². The minimum absolute atomic E-state index is 0.0827. The quantitative estimate of drug-likeness (QED) is 0.281. The fraction of sp³-hybridized carbons (Fsp3) is 0.625. The first kappa shape index (κ1) is 25.4. The number of likely N-dealkylation sites (tertiary alicyclic amines) is 1. The molecule has 0 bridgehead atoms. The molecule has 9 heteroatoms. The number of nitrogens with zero attached hydrogens (tertiary/aromatic N) is 1. The number of hydrogen-bond acceptors (Lipinski definition) is 3. The molecule has 0 radical (unpaired) electrons. The molecule has 0 spiro atoms. The highest BCUT2D eigenvalue weighted by Crippen LogP contribution is 2.40. The van der Waals surface area contributed by atoms with Gasteiger partial charge in [-0.2, -0.15) is 26.3 Å². The smallest absolute Gasteiger partial charge is 0.416 e. The van der Waals surface area contributed by atoms with Crippen LogP contribution in [0.15, 0.2) is 24.3 Å². The summed E-state index contributed by atoms with van der Waals surface area (Å²) in [6.07, 6.45) is -6.99. The average molecular weight is 475 g/mol. The van der Waals surface area contributed by atoms with Crippen molar-refractivity contribution >= 4 is 5.97 Å². The lowest BCUT2D eigenvalue weighted by atomic mass is 9.83. The van der Waals surface area contributed by atoms with Crippen LogP contribution in [0.25, 0.3) is 0 Å². The van der Waals surface area contributed by atoms with Gasteiger partial charge in [0.2, 0.25) is 0 Å². The van der Waals surface area contributed by atoms with E-state index in [4.69, 9.17) is 4.74 Å². The molecule has 3 rings (SSSR count). The van der Waals surface area contributed by atoms with Crippen molar-refractivity contribution in [2.45, 2.75) is 69.4 Å². The lowest BCUT2D eigenvalue weighted by Gasteiger charge is -2.42. The van der Waals surface area contributed by atoms with E-state index in [0.29, 0.717) is 24.9 Å². The summed E-state index contributed by atoms with van der Waals surface area (Å²) in [5.74, 6) is 5.83. The number of alkyl halides is 6. The maximum atomic E-state index is 13.0. The molecule has 2 fully saturated rings. The van der Waals surface area contributed by atoms with Gasteiger partial charge in [0.1, 0.15) is 0 Å². The highest BCUT2D eigenvalue weighted by Gasteiger charge is 2.37. The molecule has 2 aliphatic rings. The van der Waals surface area contributed by atoms with Crippen molar-refractivity contribution < 1.29 is 35.9 Å². The van der Waals surface area contributed by atoms with Crippen molar-refractivity contribution in [1.29, 1.82) is 0 Å². The zero-order valence-electron chi connectivity index (χ0n) is 18.3. The Bertz CT molecular complexity index is 864. The molecule has 0 N–H and O–H groups in total. The van der Waals surface area contributed by atoms with Crippen LogP contribution >= 0.6 is 0 Å². The number of methoxy groups -OCH3 is 1. The number of benzene rings is 1. The van der Waals surface area contributed by atoms with Gasteiger partial charge in [-0.15, -0.1) is 0 Å². The second kappa shape index (κ2) is 10.4. The maximum Gasteiger partial charge on any atom is 0.416 e. The van der Waals surface area contributed by atoms with Gasteiger partial charge in [-0.3, -0.25) is 9.69 Å². The zero-order chi connectivity index (χ0) is 24.2. The second-order valence-electron chi connectivity index (χ2n) is 8.78. The molecular weight excluding hydrogens is 448 g/mol. The van der Waals surface area contributed by atoms with Crippen molar-refractivity contribution in [3.05, 3.63) is 35.4 Å². The summed E-state index contributed by atoms with van der Waals surface area (Å²) in [6, 6.07) is 3.60. The van der Waals surface area contributed by atoms with Crippen molar-refractivity contribution in [2.75, 3.05) is 13.7 Å². The van der Waals surface area contributed by atoms with Crippen LogP contribution in [0, 0.1) is 23.7 Å². The van der Waals surface area contributed by atoms with Crippen LogP contribution in [-0.2, 0) is 15.7 Å². The van der Waals surface area contributed by atoms with Crippen molar-refractivity contribution in [2.24, 2.45) is 11.8 Å². The third-order valence-electron chi connectivity index (χ3n) is 6.19. The first-order valence-corrected chi connectivity index (χ1v) is 11.0. The second-order valence-corrected chi connectivity index (χ2v) is 8.78. The summed E-state index contributed by atoms with van der Waals surface area (Å²) < 4.78 is 82.8. The molecule has 0 unspecified atom stereocenters. The fourth-order valence-electron chi connectivity index (χ4n) is 4.22. The van der Waals surface area contributed by atoms with Crippen molar-refractivity contribution in [3.63, 3.8) is 0 Å². The molecule has 1 saturated carbocycles. The number of esters is 1. The monoisotopic (exact) mass is 475 g/mol. The minimum atomic E-state index is -4.48. The SMILES string of the molecule is COC(=O)C[C@@H]1CCN([C@H](C#CC2CC2)CCC(F)(F)F)[C@H](c2ccc(C(F)(F)F)cc2)C1. The van der Waals surface area contributed by atoms with Crippen LogP contribution in [0.1, 0.15) is 62.1 Å². The van der Waals surface area contributed by atoms with Gasteiger partial charge in [0, 0.05) is 31.3 Å². The topological polar surface area (TPSA) is 29.5 Å². The van der Waals surface area contributed by atoms with E-state index < -0.39 is 36.4 Å². The Hall–Kier alpha value is -2.21. The fourth-order valence-corrected chi connectivity index (χ4v) is 4.22. The van der Waals surface area contributed by atoms with E-state index in [1.54, 1.807) is 0 Å². The molecule has 1 aliphatic heterocycles. The van der Waals surface area contributed by atoms with Crippen LogP contribution in [0.2, 0.25) is 0 Å². The number of piperidine rings is 1. The Labute approximate surface area is 189 Å². The molecule has 1 saturated heterocycles. The normalized spacial score (nSPS) is 22.9. The van der Waals surface area contributed by atoms with Crippen molar-refractivity contribution in [3.8, 4) is 11.8 Å². The van der Waals surface area contributed by atoms with Gasteiger partial charge in [0.25, 0.3) is 0 Å². The third kappa shape index (κ3) is 7.66. The number of rotatable bonds is 6. The molecule has 3 nitrogen and oxygen atoms in total. The van der Waals surface area contributed by atoms with Crippen LogP contribution in [0.4, 0.5) is 26.3 Å². The molecule has 3 atom stereocenters. The highest BCUT2D eigenvalue weighted by atomic mass is 19.4. The lowest BCUT2D eigenvalue weighted by molar-refractivity contribution is -0.143. The Morgan fingerprint density at radius 1 is 1.12 bits per heavy atom. The van der Waals surface area contributed by atoms with Gasteiger partial charge >= 0.3 is 18.3 Å². The molecule has 33 heavy (non-hydrogen) atoms. The molecule has 182 valence electrons. The van der Waals surface area contributed by atoms with Crippen LogP contribution in [0.5, 0.6) is 0 Å². The van der Waals surface area contributed by atoms with E-state index in [2.05, 4.69) is 11.8 Å². The van der Waals surface area contributed by atoms with E-state index in [9.17, 15) is 31.1 Å². The summed E-state index contributed by atoms with van der Waals surface area (Å²) in [4.78, 5) is 13.7. The molecule has 1 aromatic rings. The van der Waals surface area contributed by atoms with E-state index in [0.717, 1.165) is 25.0 Å². The number of carbonyl (C=O) groups is 1. The predicted octanol–water partition coefficient (Wildman–Crippen LogP) is 6.15. The minimum Gasteiger partial charge on any atom is -0.469 e. The third-order valence-corrected chi connectivity index (χ3v) is 6.19. The summed E-state index contributed by atoms with van der Waals surface area (Å²) in [5.41, 5.74) is -0.218. The summed E-state index contributed by atoms with van der Waals surface area (Å²) in [7, 11) is 1.28.